The van der Waals surface area contributed by atoms with Gasteiger partial charge in [-0.05, 0) is 25.0 Å². The van der Waals surface area contributed by atoms with Gasteiger partial charge in [-0.1, -0.05) is 11.6 Å². The van der Waals surface area contributed by atoms with Crippen molar-refractivity contribution in [2.75, 3.05) is 61.5 Å². The second-order valence-corrected chi connectivity index (χ2v) is 10.8. The van der Waals surface area contributed by atoms with Gasteiger partial charge >= 0.3 is 0 Å². The van der Waals surface area contributed by atoms with E-state index in [9.17, 15) is 15.3 Å². The van der Waals surface area contributed by atoms with E-state index in [1.807, 2.05) is 0 Å². The maximum Gasteiger partial charge on any atom is 0.247 e. The quantitative estimate of drug-likeness (QED) is 0.368. The summed E-state index contributed by atoms with van der Waals surface area (Å²) in [7, 11) is 0. The third-order valence-electron chi connectivity index (χ3n) is 7.52. The zero-order valence-corrected chi connectivity index (χ0v) is 22.7. The number of nitrogens with zero attached hydrogens (tertiary/aromatic N) is 8. The van der Waals surface area contributed by atoms with Crippen molar-refractivity contribution in [3.63, 3.8) is 0 Å². The summed E-state index contributed by atoms with van der Waals surface area (Å²) in [5.41, 5.74) is 2.22. The molecule has 4 heterocycles. The summed E-state index contributed by atoms with van der Waals surface area (Å²) in [5.74, 6) is 0.696. The number of imidazole rings is 1. The Kier molecular flexibility index (Phi) is 6.80. The molecule has 1 aliphatic carbocycles. The number of nitrogens with one attached hydrogen (secondary N) is 3. The van der Waals surface area contributed by atoms with Crippen LogP contribution in [0.5, 0.6) is 0 Å². The van der Waals surface area contributed by atoms with Crippen molar-refractivity contribution in [1.82, 2.24) is 29.8 Å². The number of carbonyl (C=O) groups excluding carboxylic acids is 1. The summed E-state index contributed by atoms with van der Waals surface area (Å²) in [6.07, 6.45) is 3.54. The van der Waals surface area contributed by atoms with Gasteiger partial charge in [0.15, 0.2) is 17.2 Å². The number of aromatic nitrogens is 4. The van der Waals surface area contributed by atoms with Crippen LogP contribution in [0.25, 0.3) is 5.65 Å². The van der Waals surface area contributed by atoms with E-state index < -0.39 is 0 Å². The third kappa shape index (κ3) is 4.95. The molecule has 2 aromatic heterocycles. The monoisotopic (exact) mass is 561 g/mol. The zero-order chi connectivity index (χ0) is 27.9. The van der Waals surface area contributed by atoms with Gasteiger partial charge in [0.2, 0.25) is 11.9 Å². The van der Waals surface area contributed by atoms with Crippen LogP contribution in [0.4, 0.5) is 23.1 Å². The normalized spacial score (nSPS) is 18.4. The number of benzene rings is 1. The van der Waals surface area contributed by atoms with E-state index >= 15 is 0 Å². The molecule has 0 bridgehead atoms. The SMILES string of the molecule is CC(=O)NCC1(N2CCN(c3cc(C#N)cc(Nc4nc(NC5CC5)c5ncc(C#N)n5n4)c3Cl)CC2)COC1. The van der Waals surface area contributed by atoms with E-state index in [4.69, 9.17) is 16.3 Å². The third-order valence-corrected chi connectivity index (χ3v) is 7.92. The Bertz CT molecular complexity index is 1540. The zero-order valence-electron chi connectivity index (χ0n) is 21.9. The molecule has 2 saturated heterocycles. The number of amides is 1. The van der Waals surface area contributed by atoms with Gasteiger partial charge in [-0.2, -0.15) is 20.0 Å². The molecule has 40 heavy (non-hydrogen) atoms. The van der Waals surface area contributed by atoms with Crippen LogP contribution in [0.1, 0.15) is 31.0 Å². The van der Waals surface area contributed by atoms with E-state index in [2.05, 4.69) is 53.0 Å². The molecule has 0 radical (unpaired) electrons. The predicted octanol–water partition coefficient (Wildman–Crippen LogP) is 1.87. The van der Waals surface area contributed by atoms with Crippen molar-refractivity contribution >= 4 is 46.3 Å². The van der Waals surface area contributed by atoms with Crippen LogP contribution in [-0.2, 0) is 9.53 Å². The molecular weight excluding hydrogens is 534 g/mol. The maximum absolute atomic E-state index is 11.5. The summed E-state index contributed by atoms with van der Waals surface area (Å²) in [6.45, 7) is 6.12. The average molecular weight is 562 g/mol. The van der Waals surface area contributed by atoms with Gasteiger partial charge in [0.25, 0.3) is 0 Å². The lowest BCUT2D eigenvalue weighted by molar-refractivity contribution is -0.144. The van der Waals surface area contributed by atoms with Crippen molar-refractivity contribution < 1.29 is 9.53 Å². The van der Waals surface area contributed by atoms with Crippen LogP contribution >= 0.6 is 11.6 Å². The molecule has 0 spiro atoms. The molecule has 2 aliphatic heterocycles. The van der Waals surface area contributed by atoms with E-state index in [0.29, 0.717) is 66.6 Å². The lowest BCUT2D eigenvalue weighted by Crippen LogP contribution is -2.70. The number of anilines is 4. The number of ether oxygens (including phenoxy) is 1. The Labute approximate surface area is 235 Å². The minimum atomic E-state index is -0.194. The van der Waals surface area contributed by atoms with Crippen LogP contribution in [0.2, 0.25) is 5.02 Å². The average Bonchev–Trinajstić information content (AvgIpc) is 3.65. The molecule has 206 valence electrons. The fraction of sp³-hybridized carbons (Fsp3) is 0.462. The Hall–Kier alpha value is -4.17. The van der Waals surface area contributed by atoms with Crippen molar-refractivity contribution in [3.8, 4) is 12.1 Å². The first kappa shape index (κ1) is 26.1. The fourth-order valence-corrected chi connectivity index (χ4v) is 5.36. The minimum absolute atomic E-state index is 0.0551. The van der Waals surface area contributed by atoms with Crippen molar-refractivity contribution in [2.45, 2.75) is 31.3 Å². The van der Waals surface area contributed by atoms with E-state index in [1.54, 1.807) is 12.1 Å². The second-order valence-electron chi connectivity index (χ2n) is 10.4. The van der Waals surface area contributed by atoms with Crippen LogP contribution in [0.15, 0.2) is 18.3 Å². The van der Waals surface area contributed by atoms with Gasteiger partial charge in [-0.25, -0.2) is 4.98 Å². The number of piperazine rings is 1. The van der Waals surface area contributed by atoms with Crippen molar-refractivity contribution in [1.29, 1.82) is 10.5 Å². The first-order valence-electron chi connectivity index (χ1n) is 13.1. The number of halogens is 1. The topological polar surface area (TPSA) is 160 Å². The highest BCUT2D eigenvalue weighted by molar-refractivity contribution is 6.36. The minimum Gasteiger partial charge on any atom is -0.377 e. The highest BCUT2D eigenvalue weighted by Crippen LogP contribution is 2.37. The number of nitriles is 2. The molecule has 3 N–H and O–H groups in total. The standard InChI is InChI=1S/C26H28ClN11O2/c1-16(39)31-13-26(14-40-15-26)37-6-4-36(5-7-37)21-9-17(10-28)8-20(22(21)27)33-25-34-23(32-18-2-3-18)24-30-12-19(11-29)38(24)35-25/h8-9,12,18H,2-7,13-15H2,1H3,(H,31,39)(H2,32,33,34,35). The highest BCUT2D eigenvalue weighted by Gasteiger charge is 2.45. The second kappa shape index (κ2) is 10.4. The molecule has 1 saturated carbocycles. The molecule has 13 nitrogen and oxygen atoms in total. The Morgan fingerprint density at radius 2 is 1.98 bits per heavy atom. The lowest BCUT2D eigenvalue weighted by Gasteiger charge is -2.52. The van der Waals surface area contributed by atoms with E-state index in [-0.39, 0.29) is 23.1 Å². The maximum atomic E-state index is 11.5. The van der Waals surface area contributed by atoms with Crippen molar-refractivity contribution in [3.05, 3.63) is 34.6 Å². The Balaban J connectivity index is 1.25. The Morgan fingerprint density at radius 3 is 2.60 bits per heavy atom. The van der Waals surface area contributed by atoms with Crippen molar-refractivity contribution in [2.24, 2.45) is 0 Å². The molecule has 3 aromatic rings. The van der Waals surface area contributed by atoms with Crippen LogP contribution < -0.4 is 20.9 Å². The lowest BCUT2D eigenvalue weighted by atomic mass is 9.93. The van der Waals surface area contributed by atoms with Crippen LogP contribution in [0.3, 0.4) is 0 Å². The van der Waals surface area contributed by atoms with Gasteiger partial charge < -0.3 is 25.6 Å². The number of fused-ring (bicyclic) bond motifs is 1. The van der Waals surface area contributed by atoms with Crippen LogP contribution in [0, 0.1) is 22.7 Å². The Morgan fingerprint density at radius 1 is 1.20 bits per heavy atom. The number of carbonyl (C=O) groups is 1. The van der Waals surface area contributed by atoms with Crippen LogP contribution in [-0.4, -0.2) is 87.9 Å². The van der Waals surface area contributed by atoms with Gasteiger partial charge in [-0.3, -0.25) is 9.69 Å². The number of hydrogen-bond donors (Lipinski definition) is 3. The summed E-state index contributed by atoms with van der Waals surface area (Å²) in [6, 6.07) is 8.09. The summed E-state index contributed by atoms with van der Waals surface area (Å²) in [5, 5.41) is 33.7. The van der Waals surface area contributed by atoms with E-state index in [1.165, 1.54) is 17.6 Å². The number of rotatable bonds is 8. The number of hydrogen-bond acceptors (Lipinski definition) is 11. The molecular formula is C26H28ClN11O2. The molecule has 14 heteroatoms. The largest absolute Gasteiger partial charge is 0.377 e. The fourth-order valence-electron chi connectivity index (χ4n) is 5.09. The predicted molar refractivity (Wildman–Crippen MR) is 148 cm³/mol. The molecule has 1 aromatic carbocycles. The highest BCUT2D eigenvalue weighted by atomic mass is 35.5. The van der Waals surface area contributed by atoms with Gasteiger partial charge in [0.1, 0.15) is 6.07 Å². The van der Waals surface area contributed by atoms with Gasteiger partial charge in [0.05, 0.1) is 53.0 Å². The molecule has 6 rings (SSSR count). The first-order valence-corrected chi connectivity index (χ1v) is 13.5. The smallest absolute Gasteiger partial charge is 0.247 e. The molecule has 0 atom stereocenters. The molecule has 0 unspecified atom stereocenters. The molecule has 3 aliphatic rings. The first-order chi connectivity index (χ1) is 19.4. The summed E-state index contributed by atoms with van der Waals surface area (Å²) in [4.78, 5) is 24.9. The van der Waals surface area contributed by atoms with Gasteiger partial charge in [-0.15, -0.1) is 5.10 Å². The summed E-state index contributed by atoms with van der Waals surface area (Å²) >= 11 is 6.92. The molecule has 3 fully saturated rings. The summed E-state index contributed by atoms with van der Waals surface area (Å²) < 4.78 is 6.96. The van der Waals surface area contributed by atoms with Gasteiger partial charge in [0, 0.05) is 45.7 Å². The molecule has 1 amide bonds. The van der Waals surface area contributed by atoms with E-state index in [0.717, 1.165) is 31.6 Å².